The Bertz CT molecular complexity index is 1370. The normalized spacial score (nSPS) is 18.3. The summed E-state index contributed by atoms with van der Waals surface area (Å²) < 4.78 is 11.4. The molecule has 0 bridgehead atoms. The van der Waals surface area contributed by atoms with Crippen LogP contribution in [0.1, 0.15) is 27.9 Å². The summed E-state index contributed by atoms with van der Waals surface area (Å²) in [6, 6.07) is 11.8. The number of thiophene rings is 1. The van der Waals surface area contributed by atoms with Gasteiger partial charge in [-0.05, 0) is 40.9 Å². The van der Waals surface area contributed by atoms with E-state index in [2.05, 4.69) is 42.0 Å². The summed E-state index contributed by atoms with van der Waals surface area (Å²) in [5.41, 5.74) is 1.75. The van der Waals surface area contributed by atoms with Crippen molar-refractivity contribution in [1.82, 2.24) is 35.7 Å². The summed E-state index contributed by atoms with van der Waals surface area (Å²) in [7, 11) is 0. The molecular weight excluding hydrogens is 466 g/mol. The third-order valence-electron chi connectivity index (χ3n) is 6.02. The molecule has 10 nitrogen and oxygen atoms in total. The van der Waals surface area contributed by atoms with E-state index in [1.165, 1.54) is 4.88 Å². The highest BCUT2D eigenvalue weighted by molar-refractivity contribution is 7.09. The summed E-state index contributed by atoms with van der Waals surface area (Å²) in [5, 5.41) is 23.5. The minimum absolute atomic E-state index is 0.384. The van der Waals surface area contributed by atoms with E-state index in [1.54, 1.807) is 42.5 Å². The van der Waals surface area contributed by atoms with Gasteiger partial charge in [0.25, 0.3) is 0 Å². The molecule has 1 aliphatic rings. The van der Waals surface area contributed by atoms with E-state index in [1.807, 2.05) is 35.4 Å². The zero-order valence-electron chi connectivity index (χ0n) is 18.6. The third kappa shape index (κ3) is 4.15. The standard InChI is InChI=1S/C24H21N7O3S/c1-3-18(32-10-1)13-21-20(14-19-4-2-12-35-19)24(15-23-25-9-11-33-23,22-6-8-27-30-29-22)31(34-21)16-17-5-7-26-28-17/h1-12H,13-16H2,(H,26,28). The summed E-state index contributed by atoms with van der Waals surface area (Å²) in [6.45, 7) is 0.417. The molecule has 1 atom stereocenters. The van der Waals surface area contributed by atoms with Crippen LogP contribution in [0.4, 0.5) is 0 Å². The van der Waals surface area contributed by atoms with E-state index >= 15 is 0 Å². The Morgan fingerprint density at radius 2 is 2.00 bits per heavy atom. The molecule has 11 heteroatoms. The Morgan fingerprint density at radius 1 is 1.00 bits per heavy atom. The molecule has 0 saturated carbocycles. The molecule has 6 heterocycles. The van der Waals surface area contributed by atoms with Crippen LogP contribution in [0.2, 0.25) is 0 Å². The van der Waals surface area contributed by atoms with Crippen molar-refractivity contribution in [2.45, 2.75) is 31.3 Å². The second-order valence-electron chi connectivity index (χ2n) is 8.09. The molecule has 0 radical (unpaired) electrons. The molecule has 5 aromatic rings. The predicted molar refractivity (Wildman–Crippen MR) is 124 cm³/mol. The van der Waals surface area contributed by atoms with Crippen LogP contribution < -0.4 is 0 Å². The van der Waals surface area contributed by atoms with E-state index in [9.17, 15) is 0 Å². The zero-order chi connectivity index (χ0) is 23.5. The van der Waals surface area contributed by atoms with E-state index in [4.69, 9.17) is 13.7 Å². The van der Waals surface area contributed by atoms with Gasteiger partial charge in [-0.1, -0.05) is 6.07 Å². The number of aromatic amines is 1. The number of hydrogen-bond donors (Lipinski definition) is 1. The second-order valence-corrected chi connectivity index (χ2v) is 9.12. The van der Waals surface area contributed by atoms with Crippen molar-refractivity contribution in [2.75, 3.05) is 0 Å². The molecule has 0 aliphatic carbocycles. The van der Waals surface area contributed by atoms with Crippen LogP contribution in [0.25, 0.3) is 0 Å². The maximum Gasteiger partial charge on any atom is 0.196 e. The fourth-order valence-electron chi connectivity index (χ4n) is 4.47. The lowest BCUT2D eigenvalue weighted by atomic mass is 9.79. The van der Waals surface area contributed by atoms with Crippen molar-refractivity contribution in [2.24, 2.45) is 0 Å². The lowest BCUT2D eigenvalue weighted by Gasteiger charge is -2.36. The van der Waals surface area contributed by atoms with Crippen molar-refractivity contribution >= 4 is 11.3 Å². The van der Waals surface area contributed by atoms with Crippen LogP contribution in [-0.4, -0.2) is 35.7 Å². The average molecular weight is 488 g/mol. The second kappa shape index (κ2) is 9.28. The third-order valence-corrected chi connectivity index (χ3v) is 6.89. The molecule has 1 aliphatic heterocycles. The van der Waals surface area contributed by atoms with Crippen LogP contribution in [0, 0.1) is 0 Å². The molecular formula is C24H21N7O3S. The smallest absolute Gasteiger partial charge is 0.196 e. The molecule has 0 saturated heterocycles. The SMILES string of the molecule is c1coc(CC2=C(Cc3cccs3)C(Cc3ncco3)(c3ccnnn3)N(Cc3ccn[nH]3)O2)c1. The Morgan fingerprint density at radius 3 is 2.71 bits per heavy atom. The van der Waals surface area contributed by atoms with Gasteiger partial charge in [0.2, 0.25) is 0 Å². The number of oxazole rings is 1. The number of nitrogens with zero attached hydrogens (tertiary/aromatic N) is 6. The van der Waals surface area contributed by atoms with Crippen molar-refractivity contribution < 1.29 is 13.7 Å². The maximum atomic E-state index is 6.64. The van der Waals surface area contributed by atoms with Gasteiger partial charge in [0.05, 0.1) is 49.4 Å². The average Bonchev–Trinajstić information content (AvgIpc) is 3.71. The van der Waals surface area contributed by atoms with Gasteiger partial charge in [-0.2, -0.15) is 5.10 Å². The Hall–Kier alpha value is -4.09. The van der Waals surface area contributed by atoms with Crippen molar-refractivity contribution in [3.63, 3.8) is 0 Å². The summed E-state index contributed by atoms with van der Waals surface area (Å²) in [6.07, 6.45) is 9.76. The molecule has 0 aromatic carbocycles. The van der Waals surface area contributed by atoms with Gasteiger partial charge in [-0.3, -0.25) is 5.10 Å². The summed E-state index contributed by atoms with van der Waals surface area (Å²) in [4.78, 5) is 12.3. The van der Waals surface area contributed by atoms with E-state index < -0.39 is 5.54 Å². The number of H-pyrrole nitrogens is 1. The highest BCUT2D eigenvalue weighted by Crippen LogP contribution is 2.48. The number of rotatable bonds is 9. The molecule has 176 valence electrons. The number of allylic oxidation sites excluding steroid dienone is 1. The minimum atomic E-state index is -0.863. The Kier molecular flexibility index (Phi) is 5.68. The zero-order valence-corrected chi connectivity index (χ0v) is 19.4. The molecule has 0 spiro atoms. The van der Waals surface area contributed by atoms with Gasteiger partial charge >= 0.3 is 0 Å². The van der Waals surface area contributed by atoms with Crippen molar-refractivity contribution in [3.8, 4) is 0 Å². The minimum Gasteiger partial charge on any atom is -0.469 e. The Labute approximate surface area is 204 Å². The van der Waals surface area contributed by atoms with Crippen LogP contribution in [0.3, 0.4) is 0 Å². The number of nitrogens with one attached hydrogen (secondary N) is 1. The van der Waals surface area contributed by atoms with Crippen molar-refractivity contribution in [1.29, 1.82) is 0 Å². The molecule has 1 N–H and O–H groups in total. The van der Waals surface area contributed by atoms with Crippen LogP contribution >= 0.6 is 11.3 Å². The van der Waals surface area contributed by atoms with Gasteiger partial charge in [0, 0.05) is 23.1 Å². The van der Waals surface area contributed by atoms with Crippen LogP contribution in [0.15, 0.2) is 93.1 Å². The molecule has 35 heavy (non-hydrogen) atoms. The highest BCUT2D eigenvalue weighted by Gasteiger charge is 2.53. The first kappa shape index (κ1) is 21.4. The first-order valence-corrected chi connectivity index (χ1v) is 11.9. The lowest BCUT2D eigenvalue weighted by molar-refractivity contribution is -0.171. The van der Waals surface area contributed by atoms with Gasteiger partial charge in [0.15, 0.2) is 5.89 Å². The van der Waals surface area contributed by atoms with Crippen molar-refractivity contribution in [3.05, 3.63) is 112 Å². The van der Waals surface area contributed by atoms with Crippen LogP contribution in [-0.2, 0) is 36.2 Å². The number of hydrogen-bond acceptors (Lipinski definition) is 10. The van der Waals surface area contributed by atoms with E-state index in [0.29, 0.717) is 37.4 Å². The lowest BCUT2D eigenvalue weighted by Crippen LogP contribution is -2.46. The molecule has 0 amide bonds. The maximum absolute atomic E-state index is 6.64. The summed E-state index contributed by atoms with van der Waals surface area (Å²) in [5.74, 6) is 2.15. The van der Waals surface area contributed by atoms with E-state index in [-0.39, 0.29) is 0 Å². The first-order valence-electron chi connectivity index (χ1n) is 11.1. The molecule has 6 rings (SSSR count). The largest absolute Gasteiger partial charge is 0.469 e. The number of furan rings is 1. The first-order chi connectivity index (χ1) is 17.3. The molecule has 0 fully saturated rings. The summed E-state index contributed by atoms with van der Waals surface area (Å²) >= 11 is 1.69. The van der Waals surface area contributed by atoms with Gasteiger partial charge in [-0.25, -0.2) is 4.98 Å². The van der Waals surface area contributed by atoms with Gasteiger partial charge in [0.1, 0.15) is 23.3 Å². The Balaban J connectivity index is 1.55. The monoisotopic (exact) mass is 487 g/mol. The number of hydroxylamine groups is 2. The predicted octanol–water partition coefficient (Wildman–Crippen LogP) is 3.86. The van der Waals surface area contributed by atoms with Gasteiger partial charge in [-0.15, -0.1) is 26.6 Å². The fourth-order valence-corrected chi connectivity index (χ4v) is 5.19. The number of aromatic nitrogens is 6. The molecule has 1 unspecified atom stereocenters. The van der Waals surface area contributed by atoms with E-state index in [0.717, 1.165) is 22.8 Å². The quantitative estimate of drug-likeness (QED) is 0.330. The van der Waals surface area contributed by atoms with Gasteiger partial charge < -0.3 is 13.7 Å². The van der Waals surface area contributed by atoms with Crippen LogP contribution in [0.5, 0.6) is 0 Å². The fraction of sp³-hybridized carbons (Fsp3) is 0.208. The highest BCUT2D eigenvalue weighted by atomic mass is 32.1. The topological polar surface area (TPSA) is 119 Å². The molecule has 5 aromatic heterocycles.